The fourth-order valence-electron chi connectivity index (χ4n) is 3.90. The molecule has 0 saturated heterocycles. The molecule has 26 heavy (non-hydrogen) atoms. The number of carbonyl (C=O) groups is 2. The molecule has 5 nitrogen and oxygen atoms in total. The smallest absolute Gasteiger partial charge is 0.321 e. The van der Waals surface area contributed by atoms with Crippen LogP contribution in [0, 0.1) is 0 Å². The van der Waals surface area contributed by atoms with Gasteiger partial charge < -0.3 is 10.6 Å². The van der Waals surface area contributed by atoms with Crippen molar-refractivity contribution in [1.82, 2.24) is 10.6 Å². The highest BCUT2D eigenvalue weighted by Gasteiger charge is 2.19. The number of urea groups is 1. The van der Waals surface area contributed by atoms with E-state index in [-0.39, 0.29) is 18.5 Å². The molecule has 3 amide bonds. The van der Waals surface area contributed by atoms with Crippen molar-refractivity contribution < 1.29 is 9.59 Å². The van der Waals surface area contributed by atoms with E-state index < -0.39 is 6.03 Å². The molecule has 2 aliphatic rings. The second-order valence-electron chi connectivity index (χ2n) is 7.06. The summed E-state index contributed by atoms with van der Waals surface area (Å²) in [5.41, 5.74) is 6.03. The van der Waals surface area contributed by atoms with Gasteiger partial charge >= 0.3 is 6.03 Å². The van der Waals surface area contributed by atoms with E-state index in [0.29, 0.717) is 0 Å². The lowest BCUT2D eigenvalue weighted by Gasteiger charge is -2.13. The zero-order chi connectivity index (χ0) is 17.9. The van der Waals surface area contributed by atoms with Gasteiger partial charge in [-0.1, -0.05) is 43.2 Å². The fraction of sp³-hybridized carbons (Fsp3) is 0.333. The molecule has 1 fully saturated rings. The summed E-state index contributed by atoms with van der Waals surface area (Å²) in [7, 11) is 0. The second kappa shape index (κ2) is 7.20. The number of hydrogen-bond acceptors (Lipinski definition) is 3. The first-order chi connectivity index (χ1) is 12.7. The molecule has 1 saturated carbocycles. The quantitative estimate of drug-likeness (QED) is 0.676. The molecule has 3 N–H and O–H groups in total. The van der Waals surface area contributed by atoms with E-state index in [9.17, 15) is 9.59 Å². The average molecular weight is 349 g/mol. The molecule has 0 bridgehead atoms. The van der Waals surface area contributed by atoms with Gasteiger partial charge in [0.25, 0.3) is 0 Å². The van der Waals surface area contributed by atoms with E-state index >= 15 is 0 Å². The van der Waals surface area contributed by atoms with Crippen molar-refractivity contribution in [2.75, 3.05) is 11.9 Å². The molecule has 2 aromatic carbocycles. The largest absolute Gasteiger partial charge is 0.376 e. The summed E-state index contributed by atoms with van der Waals surface area (Å²) < 4.78 is 0. The lowest BCUT2D eigenvalue weighted by atomic mass is 10.1. The van der Waals surface area contributed by atoms with Gasteiger partial charge in [-0.2, -0.15) is 0 Å². The third-order valence-corrected chi connectivity index (χ3v) is 5.19. The van der Waals surface area contributed by atoms with Crippen LogP contribution >= 0.6 is 0 Å². The summed E-state index contributed by atoms with van der Waals surface area (Å²) in [4.78, 5) is 23.8. The van der Waals surface area contributed by atoms with Crippen LogP contribution in [0.3, 0.4) is 0 Å². The van der Waals surface area contributed by atoms with Crippen LogP contribution in [0.25, 0.3) is 11.1 Å². The van der Waals surface area contributed by atoms with E-state index in [1.165, 1.54) is 22.3 Å². The minimum Gasteiger partial charge on any atom is -0.376 e. The van der Waals surface area contributed by atoms with E-state index in [0.717, 1.165) is 37.8 Å². The van der Waals surface area contributed by atoms with Crippen LogP contribution in [0.4, 0.5) is 10.5 Å². The molecule has 4 rings (SSSR count). The standard InChI is InChI=1S/C21H23N3O2/c25-20(24-21(26)23-16-6-2-3-7-16)13-22-17-9-10-19-15(12-17)11-14-5-1-4-8-18(14)19/h1,4-5,8-10,12,16,22H,2-3,6-7,11,13H2,(H2,23,24,25,26). The topological polar surface area (TPSA) is 70.2 Å². The van der Waals surface area contributed by atoms with E-state index in [4.69, 9.17) is 0 Å². The van der Waals surface area contributed by atoms with Gasteiger partial charge in [-0.25, -0.2) is 4.79 Å². The second-order valence-corrected chi connectivity index (χ2v) is 7.06. The Morgan fingerprint density at radius 2 is 1.73 bits per heavy atom. The monoisotopic (exact) mass is 349 g/mol. The molecule has 0 atom stereocenters. The lowest BCUT2D eigenvalue weighted by molar-refractivity contribution is -0.118. The zero-order valence-electron chi connectivity index (χ0n) is 14.7. The van der Waals surface area contributed by atoms with Crippen molar-refractivity contribution in [1.29, 1.82) is 0 Å². The van der Waals surface area contributed by atoms with Crippen molar-refractivity contribution >= 4 is 17.6 Å². The number of anilines is 1. The molecule has 0 heterocycles. The maximum Gasteiger partial charge on any atom is 0.321 e. The summed E-state index contributed by atoms with van der Waals surface area (Å²) in [6.07, 6.45) is 5.19. The Kier molecular flexibility index (Phi) is 4.61. The molecule has 0 unspecified atom stereocenters. The minimum absolute atomic E-state index is 0.0732. The van der Waals surface area contributed by atoms with E-state index in [1.807, 2.05) is 6.07 Å². The molecule has 134 valence electrons. The van der Waals surface area contributed by atoms with Gasteiger partial charge in [-0.3, -0.25) is 10.1 Å². The Bertz CT molecular complexity index is 841. The highest BCUT2D eigenvalue weighted by Crippen LogP contribution is 2.37. The van der Waals surface area contributed by atoms with Gasteiger partial charge in [0.15, 0.2) is 0 Å². The lowest BCUT2D eigenvalue weighted by Crippen LogP contribution is -2.45. The van der Waals surface area contributed by atoms with Crippen LogP contribution in [0.1, 0.15) is 36.8 Å². The van der Waals surface area contributed by atoms with Crippen molar-refractivity contribution in [3.8, 4) is 11.1 Å². The third kappa shape index (κ3) is 3.57. The van der Waals surface area contributed by atoms with Crippen molar-refractivity contribution in [3.05, 3.63) is 53.6 Å². The molecule has 0 radical (unpaired) electrons. The first-order valence-corrected chi connectivity index (χ1v) is 9.24. The first-order valence-electron chi connectivity index (χ1n) is 9.24. The maximum absolute atomic E-state index is 12.0. The Hall–Kier alpha value is -2.82. The van der Waals surface area contributed by atoms with Crippen molar-refractivity contribution in [3.63, 3.8) is 0 Å². The summed E-state index contributed by atoms with van der Waals surface area (Å²) in [5, 5.41) is 8.35. The Labute approximate surface area is 153 Å². The van der Waals surface area contributed by atoms with Crippen LogP contribution in [-0.2, 0) is 11.2 Å². The summed E-state index contributed by atoms with van der Waals surface area (Å²) in [6.45, 7) is 0.0732. The van der Waals surface area contributed by atoms with E-state index in [2.05, 4.69) is 52.3 Å². The van der Waals surface area contributed by atoms with Gasteiger partial charge in [-0.05, 0) is 53.6 Å². The molecule has 0 aliphatic heterocycles. The van der Waals surface area contributed by atoms with Crippen LogP contribution in [0.2, 0.25) is 0 Å². The van der Waals surface area contributed by atoms with Crippen molar-refractivity contribution in [2.24, 2.45) is 0 Å². The van der Waals surface area contributed by atoms with Crippen LogP contribution in [0.5, 0.6) is 0 Å². The van der Waals surface area contributed by atoms with Crippen LogP contribution in [0.15, 0.2) is 42.5 Å². The van der Waals surface area contributed by atoms with Gasteiger partial charge in [0.2, 0.25) is 5.91 Å². The number of hydrogen-bond donors (Lipinski definition) is 3. The molecule has 0 aromatic heterocycles. The Morgan fingerprint density at radius 1 is 0.962 bits per heavy atom. The molecule has 5 heteroatoms. The highest BCUT2D eigenvalue weighted by molar-refractivity contribution is 5.96. The summed E-state index contributed by atoms with van der Waals surface area (Å²) in [6, 6.07) is 14.4. The van der Waals surface area contributed by atoms with Gasteiger partial charge in [0, 0.05) is 11.7 Å². The Morgan fingerprint density at radius 3 is 2.58 bits per heavy atom. The molecular formula is C21H23N3O2. The predicted octanol–water partition coefficient (Wildman–Crippen LogP) is 3.44. The zero-order valence-corrected chi connectivity index (χ0v) is 14.7. The maximum atomic E-state index is 12.0. The number of fused-ring (bicyclic) bond motifs is 3. The van der Waals surface area contributed by atoms with Gasteiger partial charge in [0.05, 0.1) is 6.54 Å². The SMILES string of the molecule is O=C(CNc1ccc2c(c1)Cc1ccccc1-2)NC(=O)NC1CCCC1. The Balaban J connectivity index is 1.30. The van der Waals surface area contributed by atoms with E-state index in [1.54, 1.807) is 0 Å². The highest BCUT2D eigenvalue weighted by atomic mass is 16.2. The van der Waals surface area contributed by atoms with Crippen LogP contribution in [-0.4, -0.2) is 24.5 Å². The van der Waals surface area contributed by atoms with Crippen LogP contribution < -0.4 is 16.0 Å². The normalized spacial score (nSPS) is 15.2. The minimum atomic E-state index is -0.395. The molecule has 2 aliphatic carbocycles. The average Bonchev–Trinajstić information content (AvgIpc) is 3.26. The number of rotatable bonds is 4. The predicted molar refractivity (Wildman–Crippen MR) is 102 cm³/mol. The molecule has 2 aromatic rings. The van der Waals surface area contributed by atoms with Gasteiger partial charge in [-0.15, -0.1) is 0 Å². The number of benzene rings is 2. The summed E-state index contributed by atoms with van der Waals surface area (Å²) >= 11 is 0. The summed E-state index contributed by atoms with van der Waals surface area (Å²) in [5.74, 6) is -0.329. The number of nitrogens with one attached hydrogen (secondary N) is 3. The number of imide groups is 1. The molecular weight excluding hydrogens is 326 g/mol. The molecule has 0 spiro atoms. The fourth-order valence-corrected chi connectivity index (χ4v) is 3.90. The third-order valence-electron chi connectivity index (χ3n) is 5.19. The van der Waals surface area contributed by atoms with Gasteiger partial charge in [0.1, 0.15) is 0 Å². The number of carbonyl (C=O) groups excluding carboxylic acids is 2. The van der Waals surface area contributed by atoms with Crippen molar-refractivity contribution in [2.45, 2.75) is 38.1 Å². The number of amides is 3. The first kappa shape index (κ1) is 16.6.